The first kappa shape index (κ1) is 19.1. The molecule has 2 fully saturated rings. The number of hydrogen-bond donors (Lipinski definition) is 2. The Hall–Kier alpha value is -2.86. The van der Waals surface area contributed by atoms with Crippen LogP contribution >= 0.6 is 12.2 Å². The molecular formula is C24H26N4OS. The zero-order valence-corrected chi connectivity index (χ0v) is 17.6. The summed E-state index contributed by atoms with van der Waals surface area (Å²) in [5.74, 6) is 0.248. The molecule has 2 aliphatic rings. The average Bonchev–Trinajstić information content (AvgIpc) is 3.40. The number of thiocarbonyl (C=S) groups is 1. The van der Waals surface area contributed by atoms with Gasteiger partial charge in [0, 0.05) is 30.3 Å². The van der Waals surface area contributed by atoms with Gasteiger partial charge in [-0.15, -0.1) is 0 Å². The Labute approximate surface area is 182 Å². The molecule has 3 aromatic rings. The highest BCUT2D eigenvalue weighted by atomic mass is 32.1. The minimum atomic E-state index is -0.0466. The standard InChI is InChI=1S/C24H26N4OS/c29-20-11-9-19(10-12-20)28-23(22(26-24(28)30)21-8-4-5-14-25-21)17-13-15-27(16-17)18-6-2-1-3-7-18/h4-5,8-16,18,22-23,29H,1-3,6-7H2,(H,26,30)/t22-,23+/m1/s1. The van der Waals surface area contributed by atoms with Gasteiger partial charge in [-0.2, -0.15) is 0 Å². The Balaban J connectivity index is 1.54. The number of aromatic nitrogens is 2. The maximum absolute atomic E-state index is 9.75. The van der Waals surface area contributed by atoms with Crippen LogP contribution in [-0.4, -0.2) is 19.8 Å². The van der Waals surface area contributed by atoms with E-state index in [0.717, 1.165) is 11.4 Å². The Morgan fingerprint density at radius 1 is 1.00 bits per heavy atom. The van der Waals surface area contributed by atoms with Gasteiger partial charge in [0.05, 0.1) is 17.8 Å². The third-order valence-corrected chi connectivity index (χ3v) is 6.62. The van der Waals surface area contributed by atoms with E-state index in [1.165, 1.54) is 37.7 Å². The van der Waals surface area contributed by atoms with Crippen molar-refractivity contribution in [2.24, 2.45) is 0 Å². The summed E-state index contributed by atoms with van der Waals surface area (Å²) in [6.07, 6.45) is 12.8. The molecule has 30 heavy (non-hydrogen) atoms. The lowest BCUT2D eigenvalue weighted by molar-refractivity contribution is 0.353. The monoisotopic (exact) mass is 418 g/mol. The summed E-state index contributed by atoms with van der Waals surface area (Å²) in [4.78, 5) is 6.76. The average molecular weight is 419 g/mol. The predicted octanol–water partition coefficient (Wildman–Crippen LogP) is 5.27. The summed E-state index contributed by atoms with van der Waals surface area (Å²) in [7, 11) is 0. The molecule has 0 radical (unpaired) electrons. The van der Waals surface area contributed by atoms with Crippen molar-refractivity contribution in [1.29, 1.82) is 0 Å². The summed E-state index contributed by atoms with van der Waals surface area (Å²) < 4.78 is 2.39. The SMILES string of the molecule is Oc1ccc(N2C(=S)N[C@H](c3ccccn3)[C@@H]2c2ccn(C3CCCCC3)c2)cc1. The topological polar surface area (TPSA) is 53.3 Å². The number of anilines is 1. The van der Waals surface area contributed by atoms with Gasteiger partial charge in [-0.3, -0.25) is 4.98 Å². The zero-order valence-electron chi connectivity index (χ0n) is 16.8. The van der Waals surface area contributed by atoms with E-state index >= 15 is 0 Å². The van der Waals surface area contributed by atoms with Crippen molar-refractivity contribution in [3.8, 4) is 5.75 Å². The number of benzene rings is 1. The van der Waals surface area contributed by atoms with E-state index in [4.69, 9.17) is 12.2 Å². The van der Waals surface area contributed by atoms with Crippen LogP contribution in [0, 0.1) is 0 Å². The van der Waals surface area contributed by atoms with Crippen molar-refractivity contribution in [3.63, 3.8) is 0 Å². The molecule has 0 amide bonds. The smallest absolute Gasteiger partial charge is 0.174 e. The van der Waals surface area contributed by atoms with E-state index in [2.05, 4.69) is 38.2 Å². The van der Waals surface area contributed by atoms with Crippen LogP contribution in [0.3, 0.4) is 0 Å². The number of nitrogens with zero attached hydrogens (tertiary/aromatic N) is 3. The van der Waals surface area contributed by atoms with E-state index < -0.39 is 0 Å². The summed E-state index contributed by atoms with van der Waals surface area (Å²) in [5.41, 5.74) is 3.15. The lowest BCUT2D eigenvalue weighted by Gasteiger charge is -2.28. The van der Waals surface area contributed by atoms with E-state index in [1.54, 1.807) is 12.1 Å². The van der Waals surface area contributed by atoms with Gasteiger partial charge in [0.15, 0.2) is 5.11 Å². The number of phenolic OH excluding ortho intramolecular Hbond substituents is 1. The van der Waals surface area contributed by atoms with E-state index in [1.807, 2.05) is 36.5 Å². The van der Waals surface area contributed by atoms with Crippen molar-refractivity contribution >= 4 is 23.0 Å². The molecule has 0 bridgehead atoms. The van der Waals surface area contributed by atoms with Crippen LogP contribution in [0.4, 0.5) is 5.69 Å². The van der Waals surface area contributed by atoms with Crippen molar-refractivity contribution in [2.45, 2.75) is 50.2 Å². The Kier molecular flexibility index (Phi) is 5.17. The first-order valence-corrected chi connectivity index (χ1v) is 11.1. The van der Waals surface area contributed by atoms with Crippen LogP contribution in [0.15, 0.2) is 67.1 Å². The van der Waals surface area contributed by atoms with E-state index in [0.29, 0.717) is 11.2 Å². The van der Waals surface area contributed by atoms with Gasteiger partial charge in [-0.25, -0.2) is 0 Å². The van der Waals surface area contributed by atoms with E-state index in [-0.39, 0.29) is 17.8 Å². The van der Waals surface area contributed by atoms with Crippen molar-refractivity contribution in [3.05, 3.63) is 78.4 Å². The molecule has 1 saturated heterocycles. The second kappa shape index (κ2) is 8.11. The largest absolute Gasteiger partial charge is 0.508 e. The summed E-state index contributed by atoms with van der Waals surface area (Å²) in [6, 6.07) is 16.0. The highest BCUT2D eigenvalue weighted by Gasteiger charge is 2.41. The number of pyridine rings is 1. The molecule has 5 rings (SSSR count). The fraction of sp³-hybridized carbons (Fsp3) is 0.333. The number of nitrogens with one attached hydrogen (secondary N) is 1. The van der Waals surface area contributed by atoms with Gasteiger partial charge in [-0.05, 0) is 73.1 Å². The molecule has 1 aromatic carbocycles. The van der Waals surface area contributed by atoms with Crippen LogP contribution in [-0.2, 0) is 0 Å². The normalized spacial score (nSPS) is 22.3. The number of hydrogen-bond acceptors (Lipinski definition) is 3. The minimum absolute atomic E-state index is 0.0122. The molecule has 0 unspecified atom stereocenters. The highest BCUT2D eigenvalue weighted by molar-refractivity contribution is 7.80. The maximum Gasteiger partial charge on any atom is 0.174 e. The molecule has 5 nitrogen and oxygen atoms in total. The third-order valence-electron chi connectivity index (χ3n) is 6.30. The maximum atomic E-state index is 9.75. The molecule has 2 N–H and O–H groups in total. The van der Waals surface area contributed by atoms with Crippen LogP contribution in [0.5, 0.6) is 5.75 Å². The Morgan fingerprint density at radius 2 is 1.80 bits per heavy atom. The predicted molar refractivity (Wildman–Crippen MR) is 123 cm³/mol. The molecule has 3 heterocycles. The fourth-order valence-corrected chi connectivity index (χ4v) is 5.14. The number of phenols is 1. The summed E-state index contributed by atoms with van der Waals surface area (Å²) in [6.45, 7) is 0. The first-order valence-electron chi connectivity index (χ1n) is 10.7. The van der Waals surface area contributed by atoms with Gasteiger partial charge in [0.2, 0.25) is 0 Å². The van der Waals surface area contributed by atoms with Crippen molar-refractivity contribution in [1.82, 2.24) is 14.9 Å². The van der Waals surface area contributed by atoms with Crippen LogP contribution in [0.25, 0.3) is 0 Å². The molecule has 2 aromatic heterocycles. The van der Waals surface area contributed by atoms with Gasteiger partial charge in [0.25, 0.3) is 0 Å². The van der Waals surface area contributed by atoms with Crippen LogP contribution in [0.1, 0.15) is 61.5 Å². The lowest BCUT2D eigenvalue weighted by atomic mass is 9.95. The van der Waals surface area contributed by atoms with Gasteiger partial charge >= 0.3 is 0 Å². The fourth-order valence-electron chi connectivity index (χ4n) is 4.80. The van der Waals surface area contributed by atoms with Crippen molar-refractivity contribution < 1.29 is 5.11 Å². The van der Waals surface area contributed by atoms with Crippen LogP contribution < -0.4 is 10.2 Å². The van der Waals surface area contributed by atoms with Gasteiger partial charge in [-0.1, -0.05) is 25.3 Å². The Morgan fingerprint density at radius 3 is 2.53 bits per heavy atom. The molecular weight excluding hydrogens is 392 g/mol. The zero-order chi connectivity index (χ0) is 20.5. The molecule has 1 saturated carbocycles. The quantitative estimate of drug-likeness (QED) is 0.565. The molecule has 1 aliphatic heterocycles. The highest BCUT2D eigenvalue weighted by Crippen LogP contribution is 2.42. The minimum Gasteiger partial charge on any atom is -0.508 e. The van der Waals surface area contributed by atoms with Gasteiger partial charge in [0.1, 0.15) is 5.75 Å². The van der Waals surface area contributed by atoms with Crippen molar-refractivity contribution in [2.75, 3.05) is 4.90 Å². The second-order valence-corrected chi connectivity index (χ2v) is 8.58. The number of rotatable bonds is 4. The molecule has 6 heteroatoms. The molecule has 0 spiro atoms. The van der Waals surface area contributed by atoms with E-state index in [9.17, 15) is 5.11 Å². The van der Waals surface area contributed by atoms with Crippen LogP contribution in [0.2, 0.25) is 0 Å². The summed E-state index contributed by atoms with van der Waals surface area (Å²) in [5, 5.41) is 13.9. The first-order chi connectivity index (χ1) is 14.7. The summed E-state index contributed by atoms with van der Waals surface area (Å²) >= 11 is 5.76. The van der Waals surface area contributed by atoms with Gasteiger partial charge < -0.3 is 19.9 Å². The second-order valence-electron chi connectivity index (χ2n) is 8.20. The Bertz CT molecular complexity index is 1010. The lowest BCUT2D eigenvalue weighted by Crippen LogP contribution is -2.29. The third kappa shape index (κ3) is 3.56. The molecule has 1 aliphatic carbocycles. The molecule has 154 valence electrons. The molecule has 2 atom stereocenters. The number of aromatic hydroxyl groups is 1.